The number of nitrogens with zero attached hydrogens (tertiary/aromatic N) is 1. The van der Waals surface area contributed by atoms with Gasteiger partial charge in [-0.25, -0.2) is 0 Å². The van der Waals surface area contributed by atoms with E-state index in [2.05, 4.69) is 0 Å². The van der Waals surface area contributed by atoms with E-state index in [1.165, 1.54) is 6.42 Å². The van der Waals surface area contributed by atoms with Gasteiger partial charge >= 0.3 is 0 Å². The molecule has 0 bridgehead atoms. The van der Waals surface area contributed by atoms with Gasteiger partial charge in [0.2, 0.25) is 0 Å². The first kappa shape index (κ1) is 11.7. The number of aliphatic hydroxyl groups is 1. The summed E-state index contributed by atoms with van der Waals surface area (Å²) in [5.74, 6) is 0.0886. The fraction of sp³-hybridized carbons (Fsp3) is 0.533. The van der Waals surface area contributed by atoms with E-state index in [1.54, 1.807) is 0 Å². The van der Waals surface area contributed by atoms with Crippen molar-refractivity contribution in [2.75, 3.05) is 0 Å². The van der Waals surface area contributed by atoms with Crippen molar-refractivity contribution in [3.63, 3.8) is 0 Å². The highest BCUT2D eigenvalue weighted by molar-refractivity contribution is 5.84. The molecule has 1 heterocycles. The molecule has 0 spiro atoms. The third-order valence-electron chi connectivity index (χ3n) is 4.32. The van der Waals surface area contributed by atoms with E-state index in [-0.39, 0.29) is 17.9 Å². The summed E-state index contributed by atoms with van der Waals surface area (Å²) in [6.45, 7) is 0.637. The number of hydrogen-bond acceptors (Lipinski definition) is 2. The van der Waals surface area contributed by atoms with Crippen molar-refractivity contribution in [2.24, 2.45) is 5.92 Å². The fourth-order valence-corrected chi connectivity index (χ4v) is 3.39. The van der Waals surface area contributed by atoms with Crippen molar-refractivity contribution in [1.29, 1.82) is 0 Å². The molecule has 0 radical (unpaired) electrons. The van der Waals surface area contributed by atoms with Gasteiger partial charge in [-0.15, -0.1) is 0 Å². The zero-order chi connectivity index (χ0) is 12.5. The van der Waals surface area contributed by atoms with Crippen molar-refractivity contribution in [1.82, 2.24) is 4.90 Å². The molecule has 1 N–H and O–H groups in total. The SMILES string of the molecule is O=C1[C@@H](O)[C@H]2CCCC[C@H]2N1Cc1ccccc1. The Morgan fingerprint density at radius 1 is 1.17 bits per heavy atom. The topological polar surface area (TPSA) is 40.5 Å². The van der Waals surface area contributed by atoms with Crippen molar-refractivity contribution in [2.45, 2.75) is 44.4 Å². The van der Waals surface area contributed by atoms with Crippen LogP contribution in [0.2, 0.25) is 0 Å². The van der Waals surface area contributed by atoms with Crippen LogP contribution < -0.4 is 0 Å². The zero-order valence-corrected chi connectivity index (χ0v) is 10.5. The molecule has 3 rings (SSSR count). The van der Waals surface area contributed by atoms with Gasteiger partial charge in [0.1, 0.15) is 6.10 Å². The average molecular weight is 245 g/mol. The maximum atomic E-state index is 12.2. The van der Waals surface area contributed by atoms with E-state index >= 15 is 0 Å². The lowest BCUT2D eigenvalue weighted by atomic mass is 9.84. The first-order valence-corrected chi connectivity index (χ1v) is 6.80. The van der Waals surface area contributed by atoms with Gasteiger partial charge in [0.05, 0.1) is 0 Å². The highest BCUT2D eigenvalue weighted by Crippen LogP contribution is 2.37. The smallest absolute Gasteiger partial charge is 0.252 e. The molecule has 0 unspecified atom stereocenters. The summed E-state index contributed by atoms with van der Waals surface area (Å²) in [7, 11) is 0. The highest BCUT2D eigenvalue weighted by Gasteiger charge is 2.47. The molecule has 1 saturated carbocycles. The Labute approximate surface area is 107 Å². The number of carbonyl (C=O) groups is 1. The molecule has 1 amide bonds. The van der Waals surface area contributed by atoms with Gasteiger partial charge in [-0.05, 0) is 18.4 Å². The maximum Gasteiger partial charge on any atom is 0.252 e. The minimum Gasteiger partial charge on any atom is -0.383 e. The lowest BCUT2D eigenvalue weighted by Crippen LogP contribution is -2.36. The lowest BCUT2D eigenvalue weighted by molar-refractivity contribution is -0.136. The number of fused-ring (bicyclic) bond motifs is 1. The number of carbonyl (C=O) groups excluding carboxylic acids is 1. The Balaban J connectivity index is 1.80. The number of hydrogen-bond donors (Lipinski definition) is 1. The third-order valence-corrected chi connectivity index (χ3v) is 4.32. The molecular formula is C15H19NO2. The second kappa shape index (κ2) is 4.73. The Morgan fingerprint density at radius 3 is 2.67 bits per heavy atom. The summed E-state index contributed by atoms with van der Waals surface area (Å²) in [6, 6.07) is 10.3. The van der Waals surface area contributed by atoms with Gasteiger partial charge in [0.25, 0.3) is 5.91 Å². The van der Waals surface area contributed by atoms with Crippen LogP contribution in [-0.2, 0) is 11.3 Å². The quantitative estimate of drug-likeness (QED) is 0.865. The van der Waals surface area contributed by atoms with Crippen LogP contribution in [0.15, 0.2) is 30.3 Å². The molecule has 3 nitrogen and oxygen atoms in total. The van der Waals surface area contributed by atoms with Gasteiger partial charge < -0.3 is 10.0 Å². The van der Waals surface area contributed by atoms with Gasteiger partial charge in [-0.3, -0.25) is 4.79 Å². The van der Waals surface area contributed by atoms with Crippen LogP contribution >= 0.6 is 0 Å². The summed E-state index contributed by atoms with van der Waals surface area (Å²) < 4.78 is 0. The molecule has 3 atom stereocenters. The van der Waals surface area contributed by atoms with Crippen molar-refractivity contribution in [3.05, 3.63) is 35.9 Å². The van der Waals surface area contributed by atoms with Crippen LogP contribution in [0.5, 0.6) is 0 Å². The average Bonchev–Trinajstić information content (AvgIpc) is 2.66. The predicted octanol–water partition coefficient (Wildman–Crippen LogP) is 1.95. The normalized spacial score (nSPS) is 31.5. The summed E-state index contributed by atoms with van der Waals surface area (Å²) >= 11 is 0. The number of likely N-dealkylation sites (tertiary alicyclic amines) is 1. The second-order valence-electron chi connectivity index (χ2n) is 5.41. The predicted molar refractivity (Wildman–Crippen MR) is 68.7 cm³/mol. The van der Waals surface area contributed by atoms with Crippen LogP contribution in [0.25, 0.3) is 0 Å². The second-order valence-corrected chi connectivity index (χ2v) is 5.41. The highest BCUT2D eigenvalue weighted by atomic mass is 16.3. The standard InChI is InChI=1S/C15H19NO2/c17-14-12-8-4-5-9-13(12)16(15(14)18)10-11-6-2-1-3-7-11/h1-3,6-7,12-14,17H,4-5,8-10H2/t12-,13+,14-/m0/s1. The van der Waals surface area contributed by atoms with Gasteiger partial charge in [0, 0.05) is 18.5 Å². The first-order chi connectivity index (χ1) is 8.77. The lowest BCUT2D eigenvalue weighted by Gasteiger charge is -2.31. The molecule has 3 heteroatoms. The molecule has 1 aliphatic heterocycles. The van der Waals surface area contributed by atoms with Gasteiger partial charge in [-0.2, -0.15) is 0 Å². The van der Waals surface area contributed by atoms with Crippen LogP contribution in [0.1, 0.15) is 31.2 Å². The molecule has 1 aromatic carbocycles. The van der Waals surface area contributed by atoms with Crippen molar-refractivity contribution >= 4 is 5.91 Å². The summed E-state index contributed by atoms with van der Waals surface area (Å²) in [5.41, 5.74) is 1.14. The maximum absolute atomic E-state index is 12.2. The van der Waals surface area contributed by atoms with Crippen LogP contribution in [0, 0.1) is 5.92 Å². The minimum absolute atomic E-state index is 0.0734. The van der Waals surface area contributed by atoms with Crippen LogP contribution in [-0.4, -0.2) is 28.1 Å². The molecule has 18 heavy (non-hydrogen) atoms. The van der Waals surface area contributed by atoms with Gasteiger partial charge in [-0.1, -0.05) is 43.2 Å². The molecule has 0 aromatic heterocycles. The first-order valence-electron chi connectivity index (χ1n) is 6.80. The molecule has 2 fully saturated rings. The third kappa shape index (κ3) is 1.93. The fourth-order valence-electron chi connectivity index (χ4n) is 3.39. The van der Waals surface area contributed by atoms with E-state index in [4.69, 9.17) is 0 Å². The number of amides is 1. The van der Waals surface area contributed by atoms with Crippen molar-refractivity contribution in [3.8, 4) is 0 Å². The Kier molecular flexibility index (Phi) is 3.08. The van der Waals surface area contributed by atoms with E-state index in [0.717, 1.165) is 24.8 Å². The molecule has 1 aliphatic carbocycles. The molecule has 1 aromatic rings. The largest absolute Gasteiger partial charge is 0.383 e. The molecule has 1 saturated heterocycles. The summed E-state index contributed by atoms with van der Waals surface area (Å²) in [5, 5.41) is 10.1. The number of rotatable bonds is 2. The summed E-state index contributed by atoms with van der Waals surface area (Å²) in [6.07, 6.45) is 3.58. The summed E-state index contributed by atoms with van der Waals surface area (Å²) in [4.78, 5) is 14.0. The Morgan fingerprint density at radius 2 is 1.89 bits per heavy atom. The van der Waals surface area contributed by atoms with E-state index in [0.29, 0.717) is 6.54 Å². The van der Waals surface area contributed by atoms with E-state index in [1.807, 2.05) is 35.2 Å². The van der Waals surface area contributed by atoms with E-state index in [9.17, 15) is 9.90 Å². The van der Waals surface area contributed by atoms with Crippen molar-refractivity contribution < 1.29 is 9.90 Å². The van der Waals surface area contributed by atoms with Crippen LogP contribution in [0.3, 0.4) is 0 Å². The zero-order valence-electron chi connectivity index (χ0n) is 10.5. The number of aliphatic hydroxyl groups excluding tert-OH is 1. The monoisotopic (exact) mass is 245 g/mol. The molecule has 2 aliphatic rings. The number of benzene rings is 1. The molecular weight excluding hydrogens is 226 g/mol. The van der Waals surface area contributed by atoms with Crippen LogP contribution in [0.4, 0.5) is 0 Å². The van der Waals surface area contributed by atoms with Gasteiger partial charge in [0.15, 0.2) is 0 Å². The minimum atomic E-state index is -0.765. The van der Waals surface area contributed by atoms with E-state index < -0.39 is 6.10 Å². The Hall–Kier alpha value is -1.35. The Bertz CT molecular complexity index is 431. The molecule has 96 valence electrons.